The van der Waals surface area contributed by atoms with E-state index in [0.29, 0.717) is 0 Å². The minimum Gasteiger partial charge on any atom is -0.317 e. The number of hydrogen-bond donors (Lipinski definition) is 1. The van der Waals surface area contributed by atoms with Crippen molar-refractivity contribution in [2.45, 2.75) is 33.6 Å². The van der Waals surface area contributed by atoms with Crippen molar-refractivity contribution in [2.24, 2.45) is 0 Å². The maximum atomic E-state index is 3.37. The predicted octanol–water partition coefficient (Wildman–Crippen LogP) is 2.71. The van der Waals surface area contributed by atoms with Gasteiger partial charge in [-0.25, -0.2) is 0 Å². The van der Waals surface area contributed by atoms with Crippen LogP contribution in [0.2, 0.25) is 0 Å². The second kappa shape index (κ2) is 5.82. The van der Waals surface area contributed by atoms with Gasteiger partial charge in [-0.15, -0.1) is 0 Å². The third-order valence-electron chi connectivity index (χ3n) is 2.68. The van der Waals surface area contributed by atoms with Gasteiger partial charge in [-0.1, -0.05) is 32.0 Å². The molecular weight excluding hydrogens is 170 g/mol. The maximum absolute atomic E-state index is 3.37. The summed E-state index contributed by atoms with van der Waals surface area (Å²) in [6.45, 7) is 8.74. The minimum atomic E-state index is 1.06. The Morgan fingerprint density at radius 3 is 2.64 bits per heavy atom. The van der Waals surface area contributed by atoms with Gasteiger partial charge in [0.15, 0.2) is 0 Å². The molecule has 0 radical (unpaired) electrons. The molecule has 78 valence electrons. The van der Waals surface area contributed by atoms with Crippen molar-refractivity contribution in [3.8, 4) is 0 Å². The zero-order valence-corrected chi connectivity index (χ0v) is 9.56. The van der Waals surface area contributed by atoms with Crippen molar-refractivity contribution < 1.29 is 0 Å². The summed E-state index contributed by atoms with van der Waals surface area (Å²) in [5, 5.41) is 3.37. The van der Waals surface area contributed by atoms with Crippen LogP contribution in [0.5, 0.6) is 0 Å². The molecule has 0 saturated heterocycles. The Morgan fingerprint density at radius 2 is 2.00 bits per heavy atom. The third-order valence-corrected chi connectivity index (χ3v) is 2.68. The van der Waals surface area contributed by atoms with Crippen LogP contribution in [0.25, 0.3) is 0 Å². The summed E-state index contributed by atoms with van der Waals surface area (Å²) in [6, 6.07) is 6.62. The summed E-state index contributed by atoms with van der Waals surface area (Å²) in [5.74, 6) is 0. The van der Waals surface area contributed by atoms with Gasteiger partial charge in [-0.2, -0.15) is 0 Å². The fourth-order valence-corrected chi connectivity index (χ4v) is 1.90. The molecule has 1 aromatic rings. The van der Waals surface area contributed by atoms with Gasteiger partial charge in [0.05, 0.1) is 0 Å². The van der Waals surface area contributed by atoms with E-state index in [4.69, 9.17) is 0 Å². The van der Waals surface area contributed by atoms with Crippen molar-refractivity contribution in [2.75, 3.05) is 13.1 Å². The molecule has 0 heterocycles. The molecular formula is C13H21N. The smallest absolute Gasteiger partial charge is 0.000836 e. The van der Waals surface area contributed by atoms with E-state index in [-0.39, 0.29) is 0 Å². The lowest BCUT2D eigenvalue weighted by atomic mass is 9.98. The number of aryl methyl sites for hydroxylation is 1. The fraction of sp³-hybridized carbons (Fsp3) is 0.538. The molecule has 0 spiro atoms. The Labute approximate surface area is 87.5 Å². The molecule has 0 atom stereocenters. The van der Waals surface area contributed by atoms with Crippen LogP contribution in [0.15, 0.2) is 18.2 Å². The first-order valence-corrected chi connectivity index (χ1v) is 5.57. The minimum absolute atomic E-state index is 1.06. The number of hydrogen-bond acceptors (Lipinski definition) is 1. The second-order valence-corrected chi connectivity index (χ2v) is 3.67. The molecule has 0 aliphatic heterocycles. The molecule has 1 rings (SSSR count). The summed E-state index contributed by atoms with van der Waals surface area (Å²) in [6.07, 6.45) is 2.30. The number of rotatable bonds is 5. The highest BCUT2D eigenvalue weighted by molar-refractivity contribution is 5.34. The lowest BCUT2D eigenvalue weighted by molar-refractivity contribution is 0.713. The average molecular weight is 191 g/mol. The highest BCUT2D eigenvalue weighted by Gasteiger charge is 2.02. The van der Waals surface area contributed by atoms with E-state index in [9.17, 15) is 0 Å². The molecule has 0 fully saturated rings. The Balaban J connectivity index is 2.70. The Morgan fingerprint density at radius 1 is 1.21 bits per heavy atom. The van der Waals surface area contributed by atoms with Crippen LogP contribution in [0, 0.1) is 6.92 Å². The molecule has 14 heavy (non-hydrogen) atoms. The Hall–Kier alpha value is -0.820. The lowest BCUT2D eigenvalue weighted by Crippen LogP contribution is -2.16. The van der Waals surface area contributed by atoms with Crippen molar-refractivity contribution in [3.63, 3.8) is 0 Å². The maximum Gasteiger partial charge on any atom is -0.000836 e. The standard InChI is InChI=1S/C13H21N/c1-4-13-11(3)7-6-8-12(13)9-10-14-5-2/h6-8,14H,4-5,9-10H2,1-3H3. The van der Waals surface area contributed by atoms with Crippen molar-refractivity contribution >= 4 is 0 Å². The van der Waals surface area contributed by atoms with E-state index in [0.717, 1.165) is 25.9 Å². The molecule has 1 aromatic carbocycles. The van der Waals surface area contributed by atoms with E-state index in [2.05, 4.69) is 44.3 Å². The zero-order chi connectivity index (χ0) is 10.4. The topological polar surface area (TPSA) is 12.0 Å². The van der Waals surface area contributed by atoms with Gasteiger partial charge in [-0.3, -0.25) is 0 Å². The largest absolute Gasteiger partial charge is 0.317 e. The van der Waals surface area contributed by atoms with Crippen molar-refractivity contribution in [1.82, 2.24) is 5.32 Å². The summed E-state index contributed by atoms with van der Waals surface area (Å²) in [4.78, 5) is 0. The normalized spacial score (nSPS) is 10.5. The number of benzene rings is 1. The molecule has 1 N–H and O–H groups in total. The van der Waals surface area contributed by atoms with Gasteiger partial charge < -0.3 is 5.32 Å². The van der Waals surface area contributed by atoms with Crippen molar-refractivity contribution in [3.05, 3.63) is 34.9 Å². The first kappa shape index (κ1) is 11.3. The molecule has 0 aliphatic carbocycles. The van der Waals surface area contributed by atoms with Gasteiger partial charge in [0, 0.05) is 0 Å². The highest BCUT2D eigenvalue weighted by atomic mass is 14.8. The van der Waals surface area contributed by atoms with Gasteiger partial charge in [0.1, 0.15) is 0 Å². The van der Waals surface area contributed by atoms with Crippen LogP contribution in [-0.2, 0) is 12.8 Å². The molecule has 1 nitrogen and oxygen atoms in total. The monoisotopic (exact) mass is 191 g/mol. The molecule has 0 amide bonds. The molecule has 0 bridgehead atoms. The van der Waals surface area contributed by atoms with E-state index < -0.39 is 0 Å². The number of nitrogens with one attached hydrogen (secondary N) is 1. The Kier molecular flexibility index (Phi) is 4.68. The van der Waals surface area contributed by atoms with Crippen LogP contribution in [0.1, 0.15) is 30.5 Å². The zero-order valence-electron chi connectivity index (χ0n) is 9.56. The molecule has 0 saturated carbocycles. The molecule has 0 unspecified atom stereocenters. The van der Waals surface area contributed by atoms with Gasteiger partial charge in [0.25, 0.3) is 0 Å². The van der Waals surface area contributed by atoms with Crippen LogP contribution in [0.3, 0.4) is 0 Å². The van der Waals surface area contributed by atoms with Gasteiger partial charge >= 0.3 is 0 Å². The summed E-state index contributed by atoms with van der Waals surface area (Å²) in [7, 11) is 0. The van der Waals surface area contributed by atoms with E-state index in [1.54, 1.807) is 0 Å². The quantitative estimate of drug-likeness (QED) is 0.706. The predicted molar refractivity (Wildman–Crippen MR) is 62.8 cm³/mol. The van der Waals surface area contributed by atoms with E-state index in [1.807, 2.05) is 0 Å². The Bertz CT molecular complexity index is 279. The summed E-state index contributed by atoms with van der Waals surface area (Å²) in [5.41, 5.74) is 4.47. The van der Waals surface area contributed by atoms with Crippen molar-refractivity contribution in [1.29, 1.82) is 0 Å². The van der Waals surface area contributed by atoms with Crippen LogP contribution >= 0.6 is 0 Å². The lowest BCUT2D eigenvalue weighted by Gasteiger charge is -2.10. The fourth-order valence-electron chi connectivity index (χ4n) is 1.90. The van der Waals surface area contributed by atoms with Crippen LogP contribution in [-0.4, -0.2) is 13.1 Å². The van der Waals surface area contributed by atoms with Crippen LogP contribution in [0.4, 0.5) is 0 Å². The van der Waals surface area contributed by atoms with E-state index in [1.165, 1.54) is 16.7 Å². The third kappa shape index (κ3) is 2.85. The first-order valence-electron chi connectivity index (χ1n) is 5.57. The number of likely N-dealkylation sites (N-methyl/N-ethyl adjacent to an activating group) is 1. The van der Waals surface area contributed by atoms with E-state index >= 15 is 0 Å². The van der Waals surface area contributed by atoms with Gasteiger partial charge in [0.2, 0.25) is 0 Å². The SMILES string of the molecule is CCNCCc1cccc(C)c1CC. The van der Waals surface area contributed by atoms with Crippen LogP contribution < -0.4 is 5.32 Å². The molecule has 1 heteroatoms. The summed E-state index contributed by atoms with van der Waals surface area (Å²) < 4.78 is 0. The van der Waals surface area contributed by atoms with Gasteiger partial charge in [-0.05, 0) is 49.5 Å². The highest BCUT2D eigenvalue weighted by Crippen LogP contribution is 2.15. The summed E-state index contributed by atoms with van der Waals surface area (Å²) >= 11 is 0. The molecule has 0 aromatic heterocycles. The first-order chi connectivity index (χ1) is 6.79. The second-order valence-electron chi connectivity index (χ2n) is 3.67. The molecule has 0 aliphatic rings. The average Bonchev–Trinajstić information content (AvgIpc) is 2.18.